The number of carbonyl (C=O) groups excluding carboxylic acids is 1. The zero-order valence-electron chi connectivity index (χ0n) is 12.2. The van der Waals surface area contributed by atoms with Crippen LogP contribution in [-0.4, -0.2) is 20.7 Å². The largest absolute Gasteiger partial charge is 0.463 e. The average molecular weight is 310 g/mol. The molecule has 1 amide bonds. The molecule has 1 N–H and O–H groups in total. The predicted molar refractivity (Wildman–Crippen MR) is 82.3 cm³/mol. The van der Waals surface area contributed by atoms with Gasteiger partial charge < -0.3 is 9.73 Å². The highest BCUT2D eigenvalue weighted by molar-refractivity contribution is 5.75. The summed E-state index contributed by atoms with van der Waals surface area (Å²) in [6.07, 6.45) is 4.70. The number of nitrogens with one attached hydrogen (secondary N) is 1. The van der Waals surface area contributed by atoms with Gasteiger partial charge in [0, 0.05) is 30.6 Å². The molecule has 0 unspecified atom stereocenters. The van der Waals surface area contributed by atoms with Crippen LogP contribution in [0, 0.1) is 0 Å². The SMILES string of the molecule is O=C(Cn1ncccc1=O)NCc1cccnc1-c1ccco1. The lowest BCUT2D eigenvalue weighted by atomic mass is 10.1. The van der Waals surface area contributed by atoms with E-state index in [0.717, 1.165) is 10.2 Å². The molecule has 116 valence electrons. The highest BCUT2D eigenvalue weighted by atomic mass is 16.3. The van der Waals surface area contributed by atoms with E-state index in [4.69, 9.17) is 4.42 Å². The summed E-state index contributed by atoms with van der Waals surface area (Å²) < 4.78 is 6.45. The molecule has 3 aromatic heterocycles. The molecule has 3 rings (SSSR count). The Morgan fingerprint density at radius 1 is 1.17 bits per heavy atom. The zero-order chi connectivity index (χ0) is 16.1. The number of rotatable bonds is 5. The first-order valence-electron chi connectivity index (χ1n) is 7.00. The van der Waals surface area contributed by atoms with Crippen LogP contribution in [0.3, 0.4) is 0 Å². The minimum absolute atomic E-state index is 0.129. The fraction of sp³-hybridized carbons (Fsp3) is 0.125. The molecule has 0 aliphatic rings. The second kappa shape index (κ2) is 6.69. The number of amides is 1. The van der Waals surface area contributed by atoms with E-state index < -0.39 is 0 Å². The molecule has 0 fully saturated rings. The van der Waals surface area contributed by atoms with Crippen molar-refractivity contribution >= 4 is 5.91 Å². The molecule has 23 heavy (non-hydrogen) atoms. The molecule has 0 radical (unpaired) electrons. The van der Waals surface area contributed by atoms with Gasteiger partial charge in [0.25, 0.3) is 5.56 Å². The van der Waals surface area contributed by atoms with Gasteiger partial charge in [-0.15, -0.1) is 0 Å². The molecule has 0 aliphatic heterocycles. The molecule has 0 saturated carbocycles. The number of hydrogen-bond donors (Lipinski definition) is 1. The van der Waals surface area contributed by atoms with E-state index in [1.807, 2.05) is 6.07 Å². The Morgan fingerprint density at radius 2 is 2.04 bits per heavy atom. The molecule has 0 aromatic carbocycles. The third-order valence-electron chi connectivity index (χ3n) is 3.20. The van der Waals surface area contributed by atoms with Crippen LogP contribution in [-0.2, 0) is 17.9 Å². The maximum Gasteiger partial charge on any atom is 0.267 e. The highest BCUT2D eigenvalue weighted by Gasteiger charge is 2.10. The van der Waals surface area contributed by atoms with E-state index in [9.17, 15) is 9.59 Å². The molecule has 7 heteroatoms. The molecule has 0 spiro atoms. The third-order valence-corrected chi connectivity index (χ3v) is 3.20. The second-order valence-electron chi connectivity index (χ2n) is 4.78. The predicted octanol–water partition coefficient (Wildman–Crippen LogP) is 1.21. The summed E-state index contributed by atoms with van der Waals surface area (Å²) in [6, 6.07) is 10.1. The number of pyridine rings is 1. The van der Waals surface area contributed by atoms with Gasteiger partial charge >= 0.3 is 0 Å². The smallest absolute Gasteiger partial charge is 0.267 e. The Labute approximate surface area is 131 Å². The first-order chi connectivity index (χ1) is 11.2. The van der Waals surface area contributed by atoms with E-state index in [2.05, 4.69) is 15.4 Å². The van der Waals surface area contributed by atoms with Gasteiger partial charge in [0.15, 0.2) is 5.76 Å². The first kappa shape index (κ1) is 14.7. The van der Waals surface area contributed by atoms with Crippen LogP contribution in [0.1, 0.15) is 5.56 Å². The van der Waals surface area contributed by atoms with Crippen molar-refractivity contribution in [2.24, 2.45) is 0 Å². The summed E-state index contributed by atoms with van der Waals surface area (Å²) in [4.78, 5) is 27.8. The van der Waals surface area contributed by atoms with Crippen LogP contribution in [0.4, 0.5) is 0 Å². The Hall–Kier alpha value is -3.22. The van der Waals surface area contributed by atoms with E-state index in [1.54, 1.807) is 30.7 Å². The minimum atomic E-state index is -0.319. The zero-order valence-corrected chi connectivity index (χ0v) is 12.2. The van der Waals surface area contributed by atoms with Crippen molar-refractivity contribution in [3.8, 4) is 11.5 Å². The van der Waals surface area contributed by atoms with E-state index in [0.29, 0.717) is 11.5 Å². The van der Waals surface area contributed by atoms with Crippen molar-refractivity contribution in [2.75, 3.05) is 0 Å². The summed E-state index contributed by atoms with van der Waals surface area (Å²) in [5.41, 5.74) is 1.18. The van der Waals surface area contributed by atoms with Crippen molar-refractivity contribution in [2.45, 2.75) is 13.1 Å². The number of nitrogens with zero attached hydrogens (tertiary/aromatic N) is 3. The number of aromatic nitrogens is 3. The standard InChI is InChI=1S/C16H14N4O3/c21-14(11-20-15(22)6-2-8-19-20)18-10-12-4-1-7-17-16(12)13-5-3-9-23-13/h1-9H,10-11H2,(H,18,21). The number of hydrogen-bond acceptors (Lipinski definition) is 5. The first-order valence-corrected chi connectivity index (χ1v) is 7.00. The summed E-state index contributed by atoms with van der Waals surface area (Å²) in [5, 5.41) is 6.60. The van der Waals surface area contributed by atoms with Crippen LogP contribution in [0.5, 0.6) is 0 Å². The van der Waals surface area contributed by atoms with Crippen molar-refractivity contribution in [1.82, 2.24) is 20.1 Å². The van der Waals surface area contributed by atoms with E-state index >= 15 is 0 Å². The van der Waals surface area contributed by atoms with Crippen molar-refractivity contribution < 1.29 is 9.21 Å². The maximum atomic E-state index is 12.0. The topological polar surface area (TPSA) is 90.0 Å². The molecule has 0 bridgehead atoms. The second-order valence-corrected chi connectivity index (χ2v) is 4.78. The van der Waals surface area contributed by atoms with Crippen LogP contribution < -0.4 is 10.9 Å². The van der Waals surface area contributed by atoms with Gasteiger partial charge in [0.1, 0.15) is 12.2 Å². The summed E-state index contributed by atoms with van der Waals surface area (Å²) >= 11 is 0. The number of furan rings is 1. The monoisotopic (exact) mass is 310 g/mol. The van der Waals surface area contributed by atoms with Crippen LogP contribution in [0.2, 0.25) is 0 Å². The highest BCUT2D eigenvalue weighted by Crippen LogP contribution is 2.21. The molecule has 0 aliphatic carbocycles. The van der Waals surface area contributed by atoms with Gasteiger partial charge in [-0.25, -0.2) is 4.68 Å². The lowest BCUT2D eigenvalue weighted by molar-refractivity contribution is -0.122. The quantitative estimate of drug-likeness (QED) is 0.765. The lowest BCUT2D eigenvalue weighted by Gasteiger charge is -2.09. The molecule has 3 aromatic rings. The van der Waals surface area contributed by atoms with Crippen LogP contribution >= 0.6 is 0 Å². The summed E-state index contributed by atoms with van der Waals surface area (Å²) in [7, 11) is 0. The third kappa shape index (κ3) is 3.52. The van der Waals surface area contributed by atoms with Gasteiger partial charge in [0.05, 0.1) is 6.26 Å². The summed E-state index contributed by atoms with van der Waals surface area (Å²) in [5.74, 6) is 0.329. The van der Waals surface area contributed by atoms with Gasteiger partial charge in [-0.1, -0.05) is 6.07 Å². The van der Waals surface area contributed by atoms with Gasteiger partial charge in [-0.2, -0.15) is 5.10 Å². The Morgan fingerprint density at radius 3 is 2.83 bits per heavy atom. The van der Waals surface area contributed by atoms with Gasteiger partial charge in [-0.05, 0) is 24.3 Å². The fourth-order valence-corrected chi connectivity index (χ4v) is 2.11. The van der Waals surface area contributed by atoms with Gasteiger partial charge in [-0.3, -0.25) is 14.6 Å². The molecular weight excluding hydrogens is 296 g/mol. The van der Waals surface area contributed by atoms with Crippen molar-refractivity contribution in [3.63, 3.8) is 0 Å². The molecule has 0 saturated heterocycles. The molecule has 3 heterocycles. The van der Waals surface area contributed by atoms with Crippen LogP contribution in [0.15, 0.2) is 64.3 Å². The molecular formula is C16H14N4O3. The Kier molecular flexibility index (Phi) is 4.28. The Bertz CT molecular complexity index is 856. The molecule has 7 nitrogen and oxygen atoms in total. The normalized spacial score (nSPS) is 10.4. The Balaban J connectivity index is 1.68. The molecule has 0 atom stereocenters. The van der Waals surface area contributed by atoms with Crippen LogP contribution in [0.25, 0.3) is 11.5 Å². The van der Waals surface area contributed by atoms with Gasteiger partial charge in [0.2, 0.25) is 5.91 Å². The average Bonchev–Trinajstić information content (AvgIpc) is 3.10. The van der Waals surface area contributed by atoms with Crippen molar-refractivity contribution in [1.29, 1.82) is 0 Å². The van der Waals surface area contributed by atoms with E-state index in [1.165, 1.54) is 18.3 Å². The lowest BCUT2D eigenvalue weighted by Crippen LogP contribution is -2.33. The number of carbonyl (C=O) groups is 1. The fourth-order valence-electron chi connectivity index (χ4n) is 2.11. The van der Waals surface area contributed by atoms with E-state index in [-0.39, 0.29) is 24.6 Å². The minimum Gasteiger partial charge on any atom is -0.463 e. The summed E-state index contributed by atoms with van der Waals surface area (Å²) in [6.45, 7) is 0.153. The van der Waals surface area contributed by atoms with Crippen molar-refractivity contribution in [3.05, 3.63) is 71.0 Å². The maximum absolute atomic E-state index is 12.0.